The fourth-order valence-corrected chi connectivity index (χ4v) is 4.45. The highest BCUT2D eigenvalue weighted by atomic mass is 16.5. The van der Waals surface area contributed by atoms with E-state index in [0.717, 1.165) is 36.6 Å². The average Bonchev–Trinajstić information content (AvgIpc) is 2.73. The molecule has 1 saturated carbocycles. The number of hydrogen-bond donors (Lipinski definition) is 2. The Hall–Kier alpha value is -2.33. The molecule has 0 heterocycles. The Morgan fingerprint density at radius 3 is 2.39 bits per heavy atom. The Bertz CT molecular complexity index is 848. The zero-order valence-electron chi connectivity index (χ0n) is 19.2. The summed E-state index contributed by atoms with van der Waals surface area (Å²) in [6.07, 6.45) is 5.92. The smallest absolute Gasteiger partial charge is 0.303 e. The molecule has 0 aliphatic heterocycles. The topological polar surface area (TPSA) is 58.6 Å². The van der Waals surface area contributed by atoms with E-state index in [1.54, 1.807) is 0 Å². The summed E-state index contributed by atoms with van der Waals surface area (Å²) in [5, 5.41) is 12.1. The molecule has 0 aromatic heterocycles. The maximum absolute atomic E-state index is 10.6. The number of carboxylic acid groups (broad SMARTS) is 1. The summed E-state index contributed by atoms with van der Waals surface area (Å²) in [4.78, 5) is 10.6. The first-order chi connectivity index (χ1) is 14.8. The van der Waals surface area contributed by atoms with Crippen LogP contribution in [0, 0.1) is 11.3 Å². The maximum Gasteiger partial charge on any atom is 0.303 e. The molecular formula is C27H37NO3. The maximum atomic E-state index is 10.6. The fraction of sp³-hybridized carbons (Fsp3) is 0.519. The van der Waals surface area contributed by atoms with Crippen molar-refractivity contribution in [2.45, 2.75) is 71.9 Å². The molecule has 31 heavy (non-hydrogen) atoms. The van der Waals surface area contributed by atoms with E-state index in [1.165, 1.54) is 24.0 Å². The van der Waals surface area contributed by atoms with Crippen molar-refractivity contribution in [3.8, 4) is 16.9 Å². The molecule has 3 rings (SSSR count). The van der Waals surface area contributed by atoms with E-state index in [2.05, 4.69) is 74.6 Å². The van der Waals surface area contributed by atoms with Gasteiger partial charge < -0.3 is 15.2 Å². The van der Waals surface area contributed by atoms with Crippen LogP contribution in [-0.2, 0) is 11.3 Å². The third-order valence-corrected chi connectivity index (χ3v) is 6.37. The normalized spacial score (nSPS) is 19.2. The van der Waals surface area contributed by atoms with Gasteiger partial charge in [0.2, 0.25) is 0 Å². The number of carboxylic acids is 1. The second-order valence-corrected chi connectivity index (χ2v) is 9.86. The zero-order valence-corrected chi connectivity index (χ0v) is 19.2. The first-order valence-corrected chi connectivity index (χ1v) is 11.6. The third-order valence-electron chi connectivity index (χ3n) is 6.37. The van der Waals surface area contributed by atoms with E-state index in [-0.39, 0.29) is 6.42 Å². The van der Waals surface area contributed by atoms with Crippen LogP contribution in [0.15, 0.2) is 48.5 Å². The number of nitrogens with one attached hydrogen (secondary N) is 1. The molecule has 2 aromatic rings. The van der Waals surface area contributed by atoms with Crippen LogP contribution in [0.1, 0.15) is 64.9 Å². The summed E-state index contributed by atoms with van der Waals surface area (Å²) < 4.78 is 6.36. The van der Waals surface area contributed by atoms with Crippen molar-refractivity contribution in [3.05, 3.63) is 54.1 Å². The van der Waals surface area contributed by atoms with Crippen molar-refractivity contribution in [3.63, 3.8) is 0 Å². The number of ether oxygens (including phenoxy) is 1. The van der Waals surface area contributed by atoms with Crippen LogP contribution in [-0.4, -0.2) is 23.7 Å². The highest BCUT2D eigenvalue weighted by Crippen LogP contribution is 2.39. The van der Waals surface area contributed by atoms with Crippen LogP contribution in [0.2, 0.25) is 0 Å². The van der Waals surface area contributed by atoms with Gasteiger partial charge in [-0.3, -0.25) is 4.79 Å². The number of rotatable bonds is 9. The van der Waals surface area contributed by atoms with Crippen LogP contribution < -0.4 is 10.1 Å². The molecule has 2 N–H and O–H groups in total. The van der Waals surface area contributed by atoms with Crippen LogP contribution in [0.3, 0.4) is 0 Å². The van der Waals surface area contributed by atoms with Gasteiger partial charge in [-0.1, -0.05) is 51.1 Å². The number of benzene rings is 2. The molecular weight excluding hydrogens is 386 g/mol. The van der Waals surface area contributed by atoms with Gasteiger partial charge in [0.15, 0.2) is 0 Å². The average molecular weight is 424 g/mol. The highest BCUT2D eigenvalue weighted by molar-refractivity contribution is 5.66. The molecule has 0 spiro atoms. The van der Waals surface area contributed by atoms with Gasteiger partial charge in [-0.25, -0.2) is 0 Å². The SMILES string of the molecule is CC(C)(C)[C@H]1CC[C@H](Oc2cccc(-c3cccc(CNCCCC(=O)O)c3)c2)CC1. The highest BCUT2D eigenvalue weighted by Gasteiger charge is 2.30. The third kappa shape index (κ3) is 7.39. The summed E-state index contributed by atoms with van der Waals surface area (Å²) in [5.41, 5.74) is 3.92. The number of hydrogen-bond acceptors (Lipinski definition) is 3. The Kier molecular flexibility index (Phi) is 8.14. The van der Waals surface area contributed by atoms with E-state index in [0.29, 0.717) is 24.5 Å². The Morgan fingerprint density at radius 2 is 1.71 bits per heavy atom. The molecule has 0 bridgehead atoms. The van der Waals surface area contributed by atoms with E-state index in [4.69, 9.17) is 9.84 Å². The summed E-state index contributed by atoms with van der Waals surface area (Å²) in [5.74, 6) is 1.00. The molecule has 4 heteroatoms. The molecule has 4 nitrogen and oxygen atoms in total. The van der Waals surface area contributed by atoms with Gasteiger partial charge in [0.05, 0.1) is 6.10 Å². The fourth-order valence-electron chi connectivity index (χ4n) is 4.45. The lowest BCUT2D eigenvalue weighted by atomic mass is 9.72. The lowest BCUT2D eigenvalue weighted by Gasteiger charge is -2.37. The molecule has 168 valence electrons. The van der Waals surface area contributed by atoms with Gasteiger partial charge in [-0.2, -0.15) is 0 Å². The second-order valence-electron chi connectivity index (χ2n) is 9.86. The molecule has 0 saturated heterocycles. The Morgan fingerprint density at radius 1 is 1.03 bits per heavy atom. The first-order valence-electron chi connectivity index (χ1n) is 11.6. The van der Waals surface area contributed by atoms with E-state index < -0.39 is 5.97 Å². The number of carbonyl (C=O) groups is 1. The largest absolute Gasteiger partial charge is 0.490 e. The molecule has 0 amide bonds. The lowest BCUT2D eigenvalue weighted by Crippen LogP contribution is -2.30. The molecule has 1 aliphatic rings. The quantitative estimate of drug-likeness (QED) is 0.465. The van der Waals surface area contributed by atoms with Crippen LogP contribution in [0.25, 0.3) is 11.1 Å². The molecule has 1 fully saturated rings. The van der Waals surface area contributed by atoms with Gasteiger partial charge in [0.25, 0.3) is 0 Å². The minimum absolute atomic E-state index is 0.206. The second kappa shape index (κ2) is 10.8. The van der Waals surface area contributed by atoms with Gasteiger partial charge in [-0.15, -0.1) is 0 Å². The minimum Gasteiger partial charge on any atom is -0.490 e. The van der Waals surface area contributed by atoms with Crippen molar-refractivity contribution in [2.75, 3.05) is 6.54 Å². The van der Waals surface area contributed by atoms with E-state index in [1.807, 2.05) is 0 Å². The van der Waals surface area contributed by atoms with E-state index in [9.17, 15) is 4.79 Å². The van der Waals surface area contributed by atoms with Crippen molar-refractivity contribution >= 4 is 5.97 Å². The van der Waals surface area contributed by atoms with Gasteiger partial charge >= 0.3 is 5.97 Å². The van der Waals surface area contributed by atoms with Crippen LogP contribution in [0.5, 0.6) is 5.75 Å². The summed E-state index contributed by atoms with van der Waals surface area (Å²) in [6.45, 7) is 8.49. The van der Waals surface area contributed by atoms with Crippen molar-refractivity contribution in [1.82, 2.24) is 5.32 Å². The molecule has 0 unspecified atom stereocenters. The van der Waals surface area contributed by atoms with Gasteiger partial charge in [-0.05, 0) is 84.9 Å². The summed E-state index contributed by atoms with van der Waals surface area (Å²) in [6, 6.07) is 16.9. The van der Waals surface area contributed by atoms with Gasteiger partial charge in [0, 0.05) is 13.0 Å². The zero-order chi connectivity index (χ0) is 22.3. The standard InChI is InChI=1S/C27H37NO3/c1-27(2,3)23-12-14-24(15-13-23)31-25-10-5-9-22(18-25)21-8-4-7-20(17-21)19-28-16-6-11-26(29)30/h4-5,7-10,17-18,23-24,28H,6,11-16,19H2,1-3H3,(H,29,30)/t23-,24-. The molecule has 2 aromatic carbocycles. The van der Waals surface area contributed by atoms with Crippen molar-refractivity contribution in [2.24, 2.45) is 11.3 Å². The minimum atomic E-state index is -0.742. The summed E-state index contributed by atoms with van der Waals surface area (Å²) >= 11 is 0. The molecule has 0 atom stereocenters. The first kappa shape index (κ1) is 23.3. The molecule has 1 aliphatic carbocycles. The summed E-state index contributed by atoms with van der Waals surface area (Å²) in [7, 11) is 0. The molecule has 0 radical (unpaired) electrons. The predicted molar refractivity (Wildman–Crippen MR) is 126 cm³/mol. The Balaban J connectivity index is 1.56. The van der Waals surface area contributed by atoms with Gasteiger partial charge in [0.1, 0.15) is 5.75 Å². The van der Waals surface area contributed by atoms with Crippen LogP contribution in [0.4, 0.5) is 0 Å². The van der Waals surface area contributed by atoms with Crippen LogP contribution >= 0.6 is 0 Å². The Labute approximate surface area is 187 Å². The monoisotopic (exact) mass is 423 g/mol. The van der Waals surface area contributed by atoms with Crippen molar-refractivity contribution < 1.29 is 14.6 Å². The number of aliphatic carboxylic acids is 1. The van der Waals surface area contributed by atoms with Crippen molar-refractivity contribution in [1.29, 1.82) is 0 Å². The predicted octanol–water partition coefficient (Wildman–Crippen LogP) is 6.29. The lowest BCUT2D eigenvalue weighted by molar-refractivity contribution is -0.137. The van der Waals surface area contributed by atoms with E-state index >= 15 is 0 Å².